The van der Waals surface area contributed by atoms with E-state index in [4.69, 9.17) is 14.2 Å². The zero-order chi connectivity index (χ0) is 50.7. The summed E-state index contributed by atoms with van der Waals surface area (Å²) in [6.45, 7) is 6.35. The van der Waals surface area contributed by atoms with Crippen LogP contribution in [-0.4, -0.2) is 37.2 Å². The Bertz CT molecular complexity index is 1490. The van der Waals surface area contributed by atoms with Crippen LogP contribution < -0.4 is 0 Å². The fraction of sp³-hybridized carbons (Fsp3) is 0.641. The number of allylic oxidation sites excluding steroid dienone is 20. The highest BCUT2D eigenvalue weighted by Crippen LogP contribution is 2.14. The number of rotatable bonds is 50. The molecule has 396 valence electrons. The van der Waals surface area contributed by atoms with E-state index in [1.54, 1.807) is 0 Å². The maximum absolute atomic E-state index is 12.9. The normalized spacial score (nSPS) is 13.0. The molecule has 0 amide bonds. The summed E-state index contributed by atoms with van der Waals surface area (Å²) in [5.41, 5.74) is 0. The van der Waals surface area contributed by atoms with Gasteiger partial charge >= 0.3 is 17.9 Å². The molecular formula is C64H104O6. The van der Waals surface area contributed by atoms with Crippen molar-refractivity contribution in [2.24, 2.45) is 0 Å². The number of esters is 3. The third-order valence-electron chi connectivity index (χ3n) is 11.7. The summed E-state index contributed by atoms with van der Waals surface area (Å²) in [4.78, 5) is 38.2. The summed E-state index contributed by atoms with van der Waals surface area (Å²) in [5, 5.41) is 0. The average Bonchev–Trinajstić information content (AvgIpc) is 3.36. The summed E-state index contributed by atoms with van der Waals surface area (Å²) >= 11 is 0. The monoisotopic (exact) mass is 969 g/mol. The van der Waals surface area contributed by atoms with Gasteiger partial charge in [-0.15, -0.1) is 0 Å². The lowest BCUT2D eigenvalue weighted by atomic mass is 10.1. The van der Waals surface area contributed by atoms with Gasteiger partial charge in [0.25, 0.3) is 0 Å². The molecule has 6 nitrogen and oxygen atoms in total. The van der Waals surface area contributed by atoms with Gasteiger partial charge in [-0.25, -0.2) is 0 Å². The minimum atomic E-state index is -0.809. The third kappa shape index (κ3) is 54.7. The van der Waals surface area contributed by atoms with Crippen LogP contribution in [0.5, 0.6) is 0 Å². The highest BCUT2D eigenvalue weighted by atomic mass is 16.6. The fourth-order valence-electron chi connectivity index (χ4n) is 7.45. The highest BCUT2D eigenvalue weighted by molar-refractivity contribution is 5.71. The van der Waals surface area contributed by atoms with E-state index >= 15 is 0 Å². The molecule has 0 aromatic heterocycles. The largest absolute Gasteiger partial charge is 0.462 e. The summed E-state index contributed by atoms with van der Waals surface area (Å²) in [6, 6.07) is 0. The maximum atomic E-state index is 12.9. The molecule has 0 N–H and O–H groups in total. The molecule has 0 aliphatic heterocycles. The van der Waals surface area contributed by atoms with Gasteiger partial charge in [0.15, 0.2) is 6.10 Å². The highest BCUT2D eigenvalue weighted by Gasteiger charge is 2.19. The molecule has 0 radical (unpaired) electrons. The fourth-order valence-corrected chi connectivity index (χ4v) is 7.45. The van der Waals surface area contributed by atoms with Gasteiger partial charge in [0.1, 0.15) is 13.2 Å². The van der Waals surface area contributed by atoms with Crippen molar-refractivity contribution in [3.8, 4) is 0 Å². The predicted octanol–water partition coefficient (Wildman–Crippen LogP) is 19.3. The van der Waals surface area contributed by atoms with Crippen LogP contribution in [0.1, 0.15) is 245 Å². The molecular weight excluding hydrogens is 865 g/mol. The molecule has 6 heteroatoms. The van der Waals surface area contributed by atoms with Crippen LogP contribution in [0.2, 0.25) is 0 Å². The van der Waals surface area contributed by atoms with Crippen molar-refractivity contribution in [2.75, 3.05) is 13.2 Å². The molecule has 0 bridgehead atoms. The van der Waals surface area contributed by atoms with Gasteiger partial charge < -0.3 is 14.2 Å². The Labute approximate surface area is 431 Å². The van der Waals surface area contributed by atoms with Gasteiger partial charge in [-0.1, -0.05) is 219 Å². The quantitative estimate of drug-likeness (QED) is 0.0262. The predicted molar refractivity (Wildman–Crippen MR) is 302 cm³/mol. The lowest BCUT2D eigenvalue weighted by molar-refractivity contribution is -0.167. The van der Waals surface area contributed by atoms with E-state index < -0.39 is 6.10 Å². The van der Waals surface area contributed by atoms with E-state index in [1.807, 2.05) is 0 Å². The Hall–Kier alpha value is -4.19. The third-order valence-corrected chi connectivity index (χ3v) is 11.7. The van der Waals surface area contributed by atoms with Crippen LogP contribution in [-0.2, 0) is 28.6 Å². The Balaban J connectivity index is 4.50. The first-order chi connectivity index (χ1) is 34.5. The van der Waals surface area contributed by atoms with E-state index in [0.29, 0.717) is 25.7 Å². The first kappa shape index (κ1) is 65.8. The smallest absolute Gasteiger partial charge is 0.306 e. The van der Waals surface area contributed by atoms with Crippen molar-refractivity contribution < 1.29 is 28.6 Å². The second-order valence-corrected chi connectivity index (χ2v) is 18.4. The molecule has 0 aromatic rings. The molecule has 0 aliphatic carbocycles. The Morgan fingerprint density at radius 1 is 0.300 bits per heavy atom. The number of ether oxygens (including phenoxy) is 3. The molecule has 70 heavy (non-hydrogen) atoms. The zero-order valence-electron chi connectivity index (χ0n) is 45.2. The standard InChI is InChI=1S/C64H104O6/c1-4-7-10-13-16-19-22-25-28-30-31-32-33-35-36-39-42-45-48-51-54-57-63(66)69-60-61(59-68-62(65)56-53-50-47-44-41-38-27-24-21-18-15-12-9-6-3)70-64(67)58-55-52-49-46-43-40-37-34-29-26-23-20-17-14-11-8-5-2/h7-8,10-11,16-17,19-20,24-29,31-32,35-36,42,45,61H,4-6,9,12-15,18,21-23,30,33-34,37-41,43-44,46-60H2,1-3H3/b10-7-,11-8-,19-16-,20-17-,27-24-,28-25-,29-26-,32-31-,36-35-,45-42-. The number of hydrogen-bond acceptors (Lipinski definition) is 6. The van der Waals surface area contributed by atoms with Gasteiger partial charge in [-0.3, -0.25) is 14.4 Å². The molecule has 1 unspecified atom stereocenters. The minimum absolute atomic E-state index is 0.103. The van der Waals surface area contributed by atoms with Crippen molar-refractivity contribution in [1.29, 1.82) is 0 Å². The van der Waals surface area contributed by atoms with Gasteiger partial charge in [-0.05, 0) is 128 Å². The topological polar surface area (TPSA) is 78.9 Å². The summed E-state index contributed by atoms with van der Waals surface area (Å²) < 4.78 is 16.8. The van der Waals surface area contributed by atoms with E-state index in [2.05, 4.69) is 142 Å². The molecule has 1 atom stereocenters. The summed E-state index contributed by atoms with van der Waals surface area (Å²) in [6.07, 6.45) is 79.0. The van der Waals surface area contributed by atoms with Crippen molar-refractivity contribution in [3.05, 3.63) is 122 Å². The molecule has 0 saturated heterocycles. The number of carbonyl (C=O) groups is 3. The molecule has 0 saturated carbocycles. The molecule has 0 aromatic carbocycles. The van der Waals surface area contributed by atoms with Gasteiger partial charge in [0.2, 0.25) is 0 Å². The van der Waals surface area contributed by atoms with Crippen LogP contribution >= 0.6 is 0 Å². The average molecular weight is 970 g/mol. The van der Waals surface area contributed by atoms with Crippen LogP contribution in [0.3, 0.4) is 0 Å². The Kier molecular flexibility index (Phi) is 54.0. The van der Waals surface area contributed by atoms with Crippen LogP contribution in [0.15, 0.2) is 122 Å². The van der Waals surface area contributed by atoms with E-state index in [0.717, 1.165) is 128 Å². The van der Waals surface area contributed by atoms with Gasteiger partial charge in [0.05, 0.1) is 0 Å². The number of unbranched alkanes of at least 4 members (excludes halogenated alkanes) is 19. The van der Waals surface area contributed by atoms with E-state index in [1.165, 1.54) is 70.6 Å². The first-order valence-corrected chi connectivity index (χ1v) is 28.5. The SMILES string of the molecule is CC/C=C\C/C=C\C/C=C\C/C=C\C/C=C\C/C=C\CCCCC(=O)OCC(COC(=O)CCCCCCC/C=C\CCCCCCC)OC(=O)CCCCCCCCC/C=C\C/C=C\C/C=C\CC. The molecule has 0 rings (SSSR count). The van der Waals surface area contributed by atoms with Crippen LogP contribution in [0.25, 0.3) is 0 Å². The Morgan fingerprint density at radius 3 is 0.914 bits per heavy atom. The summed E-state index contributed by atoms with van der Waals surface area (Å²) in [7, 11) is 0. The molecule has 0 spiro atoms. The number of hydrogen-bond donors (Lipinski definition) is 0. The maximum Gasteiger partial charge on any atom is 0.306 e. The zero-order valence-corrected chi connectivity index (χ0v) is 45.2. The minimum Gasteiger partial charge on any atom is -0.462 e. The second-order valence-electron chi connectivity index (χ2n) is 18.4. The lowest BCUT2D eigenvalue weighted by Crippen LogP contribution is -2.30. The Morgan fingerprint density at radius 2 is 0.557 bits per heavy atom. The van der Waals surface area contributed by atoms with Crippen molar-refractivity contribution >= 4 is 17.9 Å². The molecule has 0 heterocycles. The van der Waals surface area contributed by atoms with Gasteiger partial charge in [-0.2, -0.15) is 0 Å². The first-order valence-electron chi connectivity index (χ1n) is 28.5. The lowest BCUT2D eigenvalue weighted by Gasteiger charge is -2.18. The van der Waals surface area contributed by atoms with E-state index in [9.17, 15) is 14.4 Å². The number of carbonyl (C=O) groups excluding carboxylic acids is 3. The van der Waals surface area contributed by atoms with Crippen molar-refractivity contribution in [3.63, 3.8) is 0 Å². The van der Waals surface area contributed by atoms with Crippen molar-refractivity contribution in [1.82, 2.24) is 0 Å². The van der Waals surface area contributed by atoms with Crippen molar-refractivity contribution in [2.45, 2.75) is 252 Å². The van der Waals surface area contributed by atoms with E-state index in [-0.39, 0.29) is 31.1 Å². The van der Waals surface area contributed by atoms with Crippen LogP contribution in [0.4, 0.5) is 0 Å². The van der Waals surface area contributed by atoms with Crippen LogP contribution in [0, 0.1) is 0 Å². The molecule has 0 fully saturated rings. The second kappa shape index (κ2) is 57.4. The molecule has 0 aliphatic rings. The summed E-state index contributed by atoms with van der Waals surface area (Å²) in [5.74, 6) is -0.968. The van der Waals surface area contributed by atoms with Gasteiger partial charge in [0, 0.05) is 19.3 Å².